The van der Waals surface area contributed by atoms with Crippen molar-refractivity contribution in [1.29, 1.82) is 0 Å². The zero-order chi connectivity index (χ0) is 18.6. The summed E-state index contributed by atoms with van der Waals surface area (Å²) in [5, 5.41) is 6.03. The number of alkyl halides is 3. The predicted molar refractivity (Wildman–Crippen MR) is 80.2 cm³/mol. The van der Waals surface area contributed by atoms with E-state index in [-0.39, 0.29) is 22.8 Å². The van der Waals surface area contributed by atoms with Crippen LogP contribution in [-0.2, 0) is 11.3 Å². The van der Waals surface area contributed by atoms with Crippen molar-refractivity contribution in [1.82, 2.24) is 14.8 Å². The van der Waals surface area contributed by atoms with E-state index in [0.717, 1.165) is 12.3 Å². The van der Waals surface area contributed by atoms with Crippen molar-refractivity contribution in [2.45, 2.75) is 12.7 Å². The van der Waals surface area contributed by atoms with Crippen molar-refractivity contribution in [3.05, 3.63) is 35.2 Å². The Bertz CT molecular complexity index is 793. The summed E-state index contributed by atoms with van der Waals surface area (Å²) in [6.45, 7) is -1.71. The summed E-state index contributed by atoms with van der Waals surface area (Å²) < 4.78 is 42.0. The summed E-state index contributed by atoms with van der Waals surface area (Å²) in [6.07, 6.45) is -0.859. The van der Waals surface area contributed by atoms with E-state index in [1.165, 1.54) is 17.1 Å². The Morgan fingerprint density at radius 2 is 2.08 bits per heavy atom. The molecular weight excluding hydrogens is 367 g/mol. The molecule has 0 fully saturated rings. The average molecular weight is 378 g/mol. The van der Waals surface area contributed by atoms with Gasteiger partial charge >= 0.3 is 6.18 Å². The SMILES string of the molecule is NC(=O)Cn1cc(NC(=O)c2cnc(OCC(F)(F)F)c(Cl)c2)cn1. The predicted octanol–water partition coefficient (Wildman–Crippen LogP) is 1.61. The van der Waals surface area contributed by atoms with E-state index >= 15 is 0 Å². The number of carbonyl (C=O) groups excluding carboxylic acids is 2. The van der Waals surface area contributed by atoms with Gasteiger partial charge in [-0.05, 0) is 6.07 Å². The van der Waals surface area contributed by atoms with E-state index in [9.17, 15) is 22.8 Å². The highest BCUT2D eigenvalue weighted by molar-refractivity contribution is 6.32. The minimum atomic E-state index is -4.54. The quantitative estimate of drug-likeness (QED) is 0.794. The monoisotopic (exact) mass is 377 g/mol. The van der Waals surface area contributed by atoms with E-state index in [4.69, 9.17) is 17.3 Å². The van der Waals surface area contributed by atoms with Gasteiger partial charge in [-0.2, -0.15) is 18.3 Å². The first-order valence-corrected chi connectivity index (χ1v) is 6.99. The molecule has 0 unspecified atom stereocenters. The normalized spacial score (nSPS) is 11.2. The summed E-state index contributed by atoms with van der Waals surface area (Å²) in [7, 11) is 0. The van der Waals surface area contributed by atoms with Crippen LogP contribution >= 0.6 is 11.6 Å². The molecule has 0 aromatic carbocycles. The van der Waals surface area contributed by atoms with Gasteiger partial charge in [0.05, 0.1) is 17.4 Å². The van der Waals surface area contributed by atoms with Gasteiger partial charge in [0.25, 0.3) is 5.91 Å². The fraction of sp³-hybridized carbons (Fsp3) is 0.231. The molecule has 2 aromatic rings. The highest BCUT2D eigenvalue weighted by Gasteiger charge is 2.29. The number of carbonyl (C=O) groups is 2. The van der Waals surface area contributed by atoms with Crippen molar-refractivity contribution < 1.29 is 27.5 Å². The summed E-state index contributed by atoms with van der Waals surface area (Å²) >= 11 is 5.76. The Morgan fingerprint density at radius 1 is 1.36 bits per heavy atom. The van der Waals surface area contributed by atoms with Crippen LogP contribution in [0.1, 0.15) is 10.4 Å². The lowest BCUT2D eigenvalue weighted by Crippen LogP contribution is -2.20. The number of nitrogens with zero attached hydrogens (tertiary/aromatic N) is 3. The topological polar surface area (TPSA) is 112 Å². The summed E-state index contributed by atoms with van der Waals surface area (Å²) in [4.78, 5) is 26.4. The molecule has 2 heterocycles. The molecule has 2 aromatic heterocycles. The zero-order valence-corrected chi connectivity index (χ0v) is 13.1. The Hall–Kier alpha value is -2.82. The van der Waals surface area contributed by atoms with Gasteiger partial charge in [0, 0.05) is 12.4 Å². The van der Waals surface area contributed by atoms with Crippen LogP contribution in [0.4, 0.5) is 18.9 Å². The zero-order valence-electron chi connectivity index (χ0n) is 12.4. The largest absolute Gasteiger partial charge is 0.467 e. The Kier molecular flexibility index (Phi) is 5.47. The number of nitrogens with one attached hydrogen (secondary N) is 1. The number of primary amides is 1. The second kappa shape index (κ2) is 7.38. The van der Waals surface area contributed by atoms with Crippen LogP contribution in [0.25, 0.3) is 0 Å². The molecule has 0 atom stereocenters. The molecule has 2 amide bonds. The molecule has 25 heavy (non-hydrogen) atoms. The number of aromatic nitrogens is 3. The summed E-state index contributed by atoms with van der Waals surface area (Å²) in [6, 6.07) is 1.11. The number of anilines is 1. The van der Waals surface area contributed by atoms with E-state index < -0.39 is 30.5 Å². The standard InChI is InChI=1S/C13H11ClF3N5O3/c14-9-1-7(2-19-12(9)25-6-13(15,16)17)11(24)21-8-3-20-22(4-8)5-10(18)23/h1-4H,5-6H2,(H2,18,23)(H,21,24). The Labute approximate surface area is 143 Å². The number of halogens is 4. The third-order valence-electron chi connectivity index (χ3n) is 2.65. The first-order valence-electron chi connectivity index (χ1n) is 6.61. The minimum Gasteiger partial charge on any atom is -0.467 e. The number of nitrogens with two attached hydrogens (primary N) is 1. The molecule has 0 saturated carbocycles. The molecular formula is C13H11ClF3N5O3. The molecule has 0 aliphatic carbocycles. The van der Waals surface area contributed by atoms with Crippen LogP contribution in [0.2, 0.25) is 5.02 Å². The molecule has 0 aliphatic heterocycles. The van der Waals surface area contributed by atoms with Crippen LogP contribution in [0.15, 0.2) is 24.7 Å². The van der Waals surface area contributed by atoms with Crippen LogP contribution in [0.3, 0.4) is 0 Å². The first-order chi connectivity index (χ1) is 11.6. The highest BCUT2D eigenvalue weighted by atomic mass is 35.5. The van der Waals surface area contributed by atoms with Crippen LogP contribution in [-0.4, -0.2) is 39.4 Å². The van der Waals surface area contributed by atoms with E-state index in [1.54, 1.807) is 0 Å². The second-order valence-electron chi connectivity index (χ2n) is 4.76. The number of rotatable bonds is 6. The van der Waals surface area contributed by atoms with E-state index in [0.29, 0.717) is 0 Å². The molecule has 0 aliphatic rings. The fourth-order valence-electron chi connectivity index (χ4n) is 1.68. The number of amides is 2. The number of hydrogen-bond donors (Lipinski definition) is 2. The van der Waals surface area contributed by atoms with Crippen LogP contribution in [0.5, 0.6) is 5.88 Å². The molecule has 0 radical (unpaired) electrons. The molecule has 0 spiro atoms. The number of pyridine rings is 1. The molecule has 8 nitrogen and oxygen atoms in total. The molecule has 134 valence electrons. The van der Waals surface area contributed by atoms with Crippen molar-refractivity contribution in [2.24, 2.45) is 5.73 Å². The third kappa shape index (κ3) is 5.64. The van der Waals surface area contributed by atoms with Gasteiger partial charge in [0.1, 0.15) is 11.6 Å². The molecule has 12 heteroatoms. The van der Waals surface area contributed by atoms with Gasteiger partial charge in [-0.15, -0.1) is 0 Å². The smallest absolute Gasteiger partial charge is 0.422 e. The van der Waals surface area contributed by atoms with E-state index in [2.05, 4.69) is 20.1 Å². The van der Waals surface area contributed by atoms with Crippen molar-refractivity contribution in [2.75, 3.05) is 11.9 Å². The van der Waals surface area contributed by atoms with Crippen molar-refractivity contribution in [3.63, 3.8) is 0 Å². The van der Waals surface area contributed by atoms with Crippen LogP contribution < -0.4 is 15.8 Å². The highest BCUT2D eigenvalue weighted by Crippen LogP contribution is 2.25. The van der Waals surface area contributed by atoms with Gasteiger partial charge in [-0.1, -0.05) is 11.6 Å². The van der Waals surface area contributed by atoms with Gasteiger partial charge in [0.15, 0.2) is 6.61 Å². The lowest BCUT2D eigenvalue weighted by Gasteiger charge is -2.10. The van der Waals surface area contributed by atoms with Gasteiger partial charge < -0.3 is 15.8 Å². The Balaban J connectivity index is 2.03. The third-order valence-corrected chi connectivity index (χ3v) is 2.92. The maximum atomic E-state index is 12.1. The number of hydrogen-bond acceptors (Lipinski definition) is 5. The maximum absolute atomic E-state index is 12.1. The van der Waals surface area contributed by atoms with E-state index in [1.807, 2.05) is 0 Å². The number of ether oxygens (including phenoxy) is 1. The van der Waals surface area contributed by atoms with Crippen LogP contribution in [0, 0.1) is 0 Å². The minimum absolute atomic E-state index is 0.00740. The van der Waals surface area contributed by atoms with Crippen molar-refractivity contribution in [3.8, 4) is 5.88 Å². The average Bonchev–Trinajstić information content (AvgIpc) is 2.91. The second-order valence-corrected chi connectivity index (χ2v) is 5.17. The lowest BCUT2D eigenvalue weighted by molar-refractivity contribution is -0.154. The molecule has 2 rings (SSSR count). The summed E-state index contributed by atoms with van der Waals surface area (Å²) in [5.74, 6) is -1.67. The molecule has 3 N–H and O–H groups in total. The maximum Gasteiger partial charge on any atom is 0.422 e. The first kappa shape index (κ1) is 18.5. The lowest BCUT2D eigenvalue weighted by atomic mass is 10.2. The Morgan fingerprint density at radius 3 is 2.68 bits per heavy atom. The van der Waals surface area contributed by atoms with Gasteiger partial charge in [-0.25, -0.2) is 4.98 Å². The fourth-order valence-corrected chi connectivity index (χ4v) is 1.90. The molecule has 0 saturated heterocycles. The molecule has 0 bridgehead atoms. The summed E-state index contributed by atoms with van der Waals surface area (Å²) in [5.41, 5.74) is 5.29. The van der Waals surface area contributed by atoms with Gasteiger partial charge in [0.2, 0.25) is 11.8 Å². The van der Waals surface area contributed by atoms with Gasteiger partial charge in [-0.3, -0.25) is 14.3 Å². The van der Waals surface area contributed by atoms with Crippen molar-refractivity contribution >= 4 is 29.1 Å².